The largest absolute Gasteiger partial charge is 0.309 e. The van der Waals surface area contributed by atoms with Gasteiger partial charge in [0.05, 0.1) is 11.5 Å². The lowest BCUT2D eigenvalue weighted by molar-refractivity contribution is 0.137. The van der Waals surface area contributed by atoms with Crippen LogP contribution in [0.15, 0.2) is 30.3 Å². The molecule has 0 radical (unpaired) electrons. The van der Waals surface area contributed by atoms with Crippen LogP contribution in [0.3, 0.4) is 0 Å². The lowest BCUT2D eigenvalue weighted by atomic mass is 9.95. The molecular weight excluding hydrogens is 296 g/mol. The van der Waals surface area contributed by atoms with Gasteiger partial charge < -0.3 is 5.32 Å². The predicted octanol–water partition coefficient (Wildman–Crippen LogP) is 1.67. The average molecular weight is 322 g/mol. The summed E-state index contributed by atoms with van der Waals surface area (Å²) in [5.41, 5.74) is 1.35. The van der Waals surface area contributed by atoms with Crippen LogP contribution in [0.1, 0.15) is 25.3 Å². The Kier molecular flexibility index (Phi) is 4.85. The van der Waals surface area contributed by atoms with Crippen molar-refractivity contribution >= 4 is 9.84 Å². The van der Waals surface area contributed by atoms with E-state index in [1.165, 1.54) is 5.56 Å². The molecule has 0 unspecified atom stereocenters. The number of hydrogen-bond acceptors (Lipinski definition) is 4. The van der Waals surface area contributed by atoms with Gasteiger partial charge in [0.2, 0.25) is 0 Å². The minimum atomic E-state index is -2.80. The van der Waals surface area contributed by atoms with Crippen LogP contribution in [0, 0.1) is 5.92 Å². The van der Waals surface area contributed by atoms with Gasteiger partial charge >= 0.3 is 0 Å². The molecule has 4 nitrogen and oxygen atoms in total. The standard InChI is InChI=1S/C17H26N2O2S/c1-14-9-17(18-16-7-8-22(20,21)13-16)12-19(10-14)11-15-5-3-2-4-6-15/h2-6,14,16-18H,7-13H2,1H3/t14-,16+,17-/m1/s1. The lowest BCUT2D eigenvalue weighted by Gasteiger charge is -2.38. The second-order valence-electron chi connectivity index (χ2n) is 6.98. The Morgan fingerprint density at radius 3 is 2.64 bits per heavy atom. The molecule has 2 aliphatic rings. The van der Waals surface area contributed by atoms with E-state index in [2.05, 4.69) is 41.4 Å². The van der Waals surface area contributed by atoms with E-state index in [0.29, 0.717) is 23.5 Å². The zero-order chi connectivity index (χ0) is 15.6. The summed E-state index contributed by atoms with van der Waals surface area (Å²) in [5.74, 6) is 1.31. The summed E-state index contributed by atoms with van der Waals surface area (Å²) >= 11 is 0. The van der Waals surface area contributed by atoms with Gasteiger partial charge in [-0.3, -0.25) is 4.90 Å². The van der Waals surface area contributed by atoms with Crippen LogP contribution >= 0.6 is 0 Å². The van der Waals surface area contributed by atoms with Crippen molar-refractivity contribution in [3.63, 3.8) is 0 Å². The van der Waals surface area contributed by atoms with Gasteiger partial charge in [0, 0.05) is 31.7 Å². The molecular formula is C17H26N2O2S. The van der Waals surface area contributed by atoms with Crippen molar-refractivity contribution in [2.75, 3.05) is 24.6 Å². The van der Waals surface area contributed by atoms with Gasteiger partial charge in [0.1, 0.15) is 0 Å². The monoisotopic (exact) mass is 322 g/mol. The second kappa shape index (κ2) is 6.69. The van der Waals surface area contributed by atoms with Gasteiger partial charge in [-0.2, -0.15) is 0 Å². The Bertz CT molecular complexity index is 588. The van der Waals surface area contributed by atoms with Crippen molar-refractivity contribution < 1.29 is 8.42 Å². The minimum absolute atomic E-state index is 0.152. The molecule has 5 heteroatoms. The van der Waals surface area contributed by atoms with Crippen LogP contribution in [0.2, 0.25) is 0 Å². The summed E-state index contributed by atoms with van der Waals surface area (Å²) in [6.45, 7) is 5.40. The smallest absolute Gasteiger partial charge is 0.151 e. The van der Waals surface area contributed by atoms with E-state index in [-0.39, 0.29) is 6.04 Å². The van der Waals surface area contributed by atoms with Crippen LogP contribution in [0.25, 0.3) is 0 Å². The highest BCUT2D eigenvalue weighted by molar-refractivity contribution is 7.91. The Balaban J connectivity index is 1.57. The molecule has 1 N–H and O–H groups in total. The van der Waals surface area contributed by atoms with Crippen LogP contribution in [0.5, 0.6) is 0 Å². The fourth-order valence-electron chi connectivity index (χ4n) is 3.81. The Morgan fingerprint density at radius 1 is 1.18 bits per heavy atom. The van der Waals surface area contributed by atoms with E-state index >= 15 is 0 Å². The molecule has 2 fully saturated rings. The number of nitrogens with zero attached hydrogens (tertiary/aromatic N) is 1. The van der Waals surface area contributed by atoms with Crippen LogP contribution in [-0.2, 0) is 16.4 Å². The number of nitrogens with one attached hydrogen (secondary N) is 1. The van der Waals surface area contributed by atoms with Gasteiger partial charge in [0.25, 0.3) is 0 Å². The Labute approximate surface area is 133 Å². The average Bonchev–Trinajstić information content (AvgIpc) is 2.78. The molecule has 2 saturated heterocycles. The molecule has 0 bridgehead atoms. The van der Waals surface area contributed by atoms with E-state index in [4.69, 9.17) is 0 Å². The number of rotatable bonds is 4. The molecule has 2 aliphatic heterocycles. The molecule has 1 aromatic carbocycles. The molecule has 122 valence electrons. The third-order valence-corrected chi connectivity index (χ3v) is 6.46. The van der Waals surface area contributed by atoms with Crippen molar-refractivity contribution in [2.45, 2.75) is 38.4 Å². The topological polar surface area (TPSA) is 49.4 Å². The highest BCUT2D eigenvalue weighted by atomic mass is 32.2. The zero-order valence-corrected chi connectivity index (χ0v) is 14.1. The molecule has 0 aromatic heterocycles. The molecule has 0 aliphatic carbocycles. The summed E-state index contributed by atoms with van der Waals surface area (Å²) in [4.78, 5) is 2.49. The van der Waals surface area contributed by atoms with E-state index in [0.717, 1.165) is 32.5 Å². The van der Waals surface area contributed by atoms with Crippen molar-refractivity contribution in [1.29, 1.82) is 0 Å². The van der Waals surface area contributed by atoms with Gasteiger partial charge in [-0.05, 0) is 24.3 Å². The van der Waals surface area contributed by atoms with Gasteiger partial charge in [-0.15, -0.1) is 0 Å². The quantitative estimate of drug-likeness (QED) is 0.916. The number of piperidine rings is 1. The molecule has 0 spiro atoms. The third kappa shape index (κ3) is 4.31. The van der Waals surface area contributed by atoms with E-state index in [1.54, 1.807) is 0 Å². The predicted molar refractivity (Wildman–Crippen MR) is 89.5 cm³/mol. The summed E-state index contributed by atoms with van der Waals surface area (Å²) in [6, 6.07) is 11.1. The molecule has 2 heterocycles. The number of hydrogen-bond donors (Lipinski definition) is 1. The number of benzene rings is 1. The van der Waals surface area contributed by atoms with Gasteiger partial charge in [-0.1, -0.05) is 37.3 Å². The van der Waals surface area contributed by atoms with Gasteiger partial charge in [0.15, 0.2) is 9.84 Å². The Morgan fingerprint density at radius 2 is 1.95 bits per heavy atom. The van der Waals surface area contributed by atoms with E-state index in [1.807, 2.05) is 6.07 Å². The van der Waals surface area contributed by atoms with Crippen LogP contribution in [0.4, 0.5) is 0 Å². The molecule has 1 aromatic rings. The first-order valence-corrected chi connectivity index (χ1v) is 10.0. The van der Waals surface area contributed by atoms with Crippen molar-refractivity contribution in [1.82, 2.24) is 10.2 Å². The first kappa shape index (κ1) is 16.0. The van der Waals surface area contributed by atoms with E-state index in [9.17, 15) is 8.42 Å². The summed E-state index contributed by atoms with van der Waals surface area (Å²) in [7, 11) is -2.80. The summed E-state index contributed by atoms with van der Waals surface area (Å²) in [6.07, 6.45) is 1.91. The molecule has 3 atom stereocenters. The summed E-state index contributed by atoms with van der Waals surface area (Å²) < 4.78 is 23.2. The minimum Gasteiger partial charge on any atom is -0.309 e. The Hall–Kier alpha value is -0.910. The second-order valence-corrected chi connectivity index (χ2v) is 9.21. The third-order valence-electron chi connectivity index (χ3n) is 4.69. The molecule has 0 amide bonds. The normalized spacial score (nSPS) is 32.1. The molecule has 3 rings (SSSR count). The van der Waals surface area contributed by atoms with Crippen LogP contribution in [-0.4, -0.2) is 50.0 Å². The molecule has 22 heavy (non-hydrogen) atoms. The maximum absolute atomic E-state index is 11.6. The lowest BCUT2D eigenvalue weighted by Crippen LogP contribution is -2.51. The first-order chi connectivity index (χ1) is 10.5. The first-order valence-electron chi connectivity index (χ1n) is 8.23. The van der Waals surface area contributed by atoms with E-state index < -0.39 is 9.84 Å². The van der Waals surface area contributed by atoms with Gasteiger partial charge in [-0.25, -0.2) is 8.42 Å². The highest BCUT2D eigenvalue weighted by Crippen LogP contribution is 2.21. The van der Waals surface area contributed by atoms with Crippen molar-refractivity contribution in [2.24, 2.45) is 5.92 Å². The van der Waals surface area contributed by atoms with Crippen molar-refractivity contribution in [3.8, 4) is 0 Å². The van der Waals surface area contributed by atoms with Crippen LogP contribution < -0.4 is 5.32 Å². The highest BCUT2D eigenvalue weighted by Gasteiger charge is 2.32. The zero-order valence-electron chi connectivity index (χ0n) is 13.2. The molecule has 0 saturated carbocycles. The fraction of sp³-hybridized carbons (Fsp3) is 0.647. The SMILES string of the molecule is C[C@@H]1C[C@@H](N[C@H]2CCS(=O)(=O)C2)CN(Cc2ccccc2)C1. The number of sulfone groups is 1. The summed E-state index contributed by atoms with van der Waals surface area (Å²) in [5, 5.41) is 3.60. The number of likely N-dealkylation sites (tertiary alicyclic amines) is 1. The maximum atomic E-state index is 11.6. The van der Waals surface area contributed by atoms with Crippen molar-refractivity contribution in [3.05, 3.63) is 35.9 Å². The maximum Gasteiger partial charge on any atom is 0.151 e. The fourth-order valence-corrected chi connectivity index (χ4v) is 5.50.